The number of aromatic amines is 1. The van der Waals surface area contributed by atoms with Crippen molar-refractivity contribution in [3.05, 3.63) is 36.0 Å². The highest BCUT2D eigenvalue weighted by Gasteiger charge is 2.11. The second-order valence-electron chi connectivity index (χ2n) is 2.71. The normalized spacial score (nSPS) is 10.0. The average Bonchev–Trinajstić information content (AvgIpc) is 2.70. The zero-order valence-corrected chi connectivity index (χ0v) is 7.14. The molecule has 0 amide bonds. The van der Waals surface area contributed by atoms with Crippen LogP contribution in [0.25, 0.3) is 11.3 Å². The Hall–Kier alpha value is -2.17. The maximum atomic E-state index is 10.9. The van der Waals surface area contributed by atoms with Crippen LogP contribution in [0.1, 0.15) is 10.4 Å². The molecule has 1 aromatic carbocycles. The minimum Gasteiger partial charge on any atom is -0.478 e. The van der Waals surface area contributed by atoms with Crippen LogP contribution in [0.2, 0.25) is 0 Å². The molecule has 0 saturated heterocycles. The number of benzene rings is 1. The molecule has 1 aromatic heterocycles. The van der Waals surface area contributed by atoms with E-state index in [1.54, 1.807) is 18.2 Å². The lowest BCUT2D eigenvalue weighted by atomic mass is 10.1. The van der Waals surface area contributed by atoms with Crippen molar-refractivity contribution in [2.24, 2.45) is 0 Å². The van der Waals surface area contributed by atoms with Crippen LogP contribution in [0, 0.1) is 0 Å². The SMILES string of the molecule is O=C(O)c1ccccc1-c1cn[nH]n1. The van der Waals surface area contributed by atoms with Crippen LogP contribution in [0.15, 0.2) is 30.5 Å². The van der Waals surface area contributed by atoms with E-state index in [1.807, 2.05) is 0 Å². The number of carboxylic acid groups (broad SMARTS) is 1. The first-order valence-electron chi connectivity index (χ1n) is 3.97. The van der Waals surface area contributed by atoms with Gasteiger partial charge in [-0.05, 0) is 6.07 Å². The van der Waals surface area contributed by atoms with Gasteiger partial charge in [0, 0.05) is 5.56 Å². The number of carboxylic acids is 1. The topological polar surface area (TPSA) is 78.9 Å². The Morgan fingerprint density at radius 2 is 2.14 bits per heavy atom. The number of aromatic nitrogens is 3. The van der Waals surface area contributed by atoms with Crippen molar-refractivity contribution >= 4 is 5.97 Å². The summed E-state index contributed by atoms with van der Waals surface area (Å²) >= 11 is 0. The maximum Gasteiger partial charge on any atom is 0.336 e. The third kappa shape index (κ3) is 1.35. The zero-order chi connectivity index (χ0) is 9.97. The lowest BCUT2D eigenvalue weighted by Crippen LogP contribution is -1.98. The summed E-state index contributed by atoms with van der Waals surface area (Å²) in [5.74, 6) is -0.969. The van der Waals surface area contributed by atoms with Crippen molar-refractivity contribution in [3.8, 4) is 11.3 Å². The quantitative estimate of drug-likeness (QED) is 0.743. The number of hydrogen-bond donors (Lipinski definition) is 2. The van der Waals surface area contributed by atoms with E-state index in [0.29, 0.717) is 11.3 Å². The molecule has 0 aliphatic rings. The number of aromatic carboxylic acids is 1. The van der Waals surface area contributed by atoms with Gasteiger partial charge in [-0.1, -0.05) is 18.2 Å². The van der Waals surface area contributed by atoms with Crippen LogP contribution in [-0.4, -0.2) is 26.5 Å². The van der Waals surface area contributed by atoms with Gasteiger partial charge in [0.05, 0.1) is 11.8 Å². The molecule has 0 aliphatic carbocycles. The van der Waals surface area contributed by atoms with Gasteiger partial charge in [-0.15, -0.1) is 0 Å². The third-order valence-electron chi connectivity index (χ3n) is 1.85. The fraction of sp³-hybridized carbons (Fsp3) is 0. The van der Waals surface area contributed by atoms with Crippen LogP contribution in [0.5, 0.6) is 0 Å². The molecule has 0 aliphatic heterocycles. The molecule has 0 bridgehead atoms. The van der Waals surface area contributed by atoms with Crippen LogP contribution >= 0.6 is 0 Å². The molecular weight excluding hydrogens is 182 g/mol. The molecule has 2 rings (SSSR count). The van der Waals surface area contributed by atoms with E-state index in [4.69, 9.17) is 5.11 Å². The van der Waals surface area contributed by atoms with Crippen LogP contribution < -0.4 is 0 Å². The number of rotatable bonds is 2. The van der Waals surface area contributed by atoms with Gasteiger partial charge in [-0.25, -0.2) is 4.79 Å². The summed E-state index contributed by atoms with van der Waals surface area (Å²) in [6.07, 6.45) is 1.49. The molecule has 2 N–H and O–H groups in total. The number of hydrogen-bond acceptors (Lipinski definition) is 3. The highest BCUT2D eigenvalue weighted by molar-refractivity contribution is 5.95. The Morgan fingerprint density at radius 3 is 2.79 bits per heavy atom. The predicted octanol–water partition coefficient (Wildman–Crippen LogP) is 1.17. The van der Waals surface area contributed by atoms with Gasteiger partial charge < -0.3 is 5.11 Å². The summed E-state index contributed by atoms with van der Waals surface area (Å²) in [6, 6.07) is 6.66. The van der Waals surface area contributed by atoms with Crippen molar-refractivity contribution < 1.29 is 9.90 Å². The summed E-state index contributed by atoms with van der Waals surface area (Å²) in [4.78, 5) is 10.9. The smallest absolute Gasteiger partial charge is 0.336 e. The summed E-state index contributed by atoms with van der Waals surface area (Å²) < 4.78 is 0. The molecule has 1 heterocycles. The van der Waals surface area contributed by atoms with E-state index in [1.165, 1.54) is 12.3 Å². The molecule has 2 aromatic rings. The molecule has 14 heavy (non-hydrogen) atoms. The Kier molecular flexibility index (Phi) is 1.98. The Labute approximate surface area is 79.4 Å². The van der Waals surface area contributed by atoms with Crippen molar-refractivity contribution in [3.63, 3.8) is 0 Å². The van der Waals surface area contributed by atoms with Crippen molar-refractivity contribution in [1.82, 2.24) is 15.4 Å². The van der Waals surface area contributed by atoms with Gasteiger partial charge in [0.1, 0.15) is 5.69 Å². The number of nitrogens with one attached hydrogen (secondary N) is 1. The first kappa shape index (κ1) is 8.43. The lowest BCUT2D eigenvalue weighted by Gasteiger charge is -2.00. The van der Waals surface area contributed by atoms with E-state index < -0.39 is 5.97 Å². The molecular formula is C9H7N3O2. The third-order valence-corrected chi connectivity index (χ3v) is 1.85. The fourth-order valence-corrected chi connectivity index (χ4v) is 1.22. The fourth-order valence-electron chi connectivity index (χ4n) is 1.22. The van der Waals surface area contributed by atoms with Gasteiger partial charge in [0.25, 0.3) is 0 Å². The Balaban J connectivity index is 2.58. The Bertz CT molecular complexity index is 451. The molecule has 0 radical (unpaired) electrons. The van der Waals surface area contributed by atoms with Gasteiger partial charge in [-0.2, -0.15) is 15.4 Å². The maximum absolute atomic E-state index is 10.9. The molecule has 5 nitrogen and oxygen atoms in total. The molecule has 0 fully saturated rings. The van der Waals surface area contributed by atoms with Crippen LogP contribution in [0.4, 0.5) is 0 Å². The molecule has 0 spiro atoms. The van der Waals surface area contributed by atoms with Gasteiger partial charge in [0.15, 0.2) is 0 Å². The van der Waals surface area contributed by atoms with Gasteiger partial charge >= 0.3 is 5.97 Å². The minimum atomic E-state index is -0.969. The summed E-state index contributed by atoms with van der Waals surface area (Å²) in [6.45, 7) is 0. The average molecular weight is 189 g/mol. The summed E-state index contributed by atoms with van der Waals surface area (Å²) in [7, 11) is 0. The number of H-pyrrole nitrogens is 1. The zero-order valence-electron chi connectivity index (χ0n) is 7.14. The molecule has 0 saturated carbocycles. The predicted molar refractivity (Wildman–Crippen MR) is 48.8 cm³/mol. The highest BCUT2D eigenvalue weighted by Crippen LogP contribution is 2.20. The highest BCUT2D eigenvalue weighted by atomic mass is 16.4. The number of nitrogens with zero attached hydrogens (tertiary/aromatic N) is 2. The number of carbonyl (C=O) groups is 1. The monoisotopic (exact) mass is 189 g/mol. The second-order valence-corrected chi connectivity index (χ2v) is 2.71. The first-order valence-corrected chi connectivity index (χ1v) is 3.97. The van der Waals surface area contributed by atoms with Crippen molar-refractivity contribution in [2.75, 3.05) is 0 Å². The van der Waals surface area contributed by atoms with Gasteiger partial charge in [0.2, 0.25) is 0 Å². The lowest BCUT2D eigenvalue weighted by molar-refractivity contribution is 0.0697. The van der Waals surface area contributed by atoms with E-state index in [9.17, 15) is 4.79 Å². The van der Waals surface area contributed by atoms with E-state index in [2.05, 4.69) is 15.4 Å². The van der Waals surface area contributed by atoms with Crippen LogP contribution in [-0.2, 0) is 0 Å². The van der Waals surface area contributed by atoms with Crippen LogP contribution in [0.3, 0.4) is 0 Å². The van der Waals surface area contributed by atoms with E-state index in [-0.39, 0.29) is 5.56 Å². The molecule has 5 heteroatoms. The minimum absolute atomic E-state index is 0.224. The molecule has 70 valence electrons. The largest absolute Gasteiger partial charge is 0.478 e. The molecule has 0 unspecified atom stereocenters. The standard InChI is InChI=1S/C9H7N3O2/c13-9(14)7-4-2-1-3-6(7)8-5-10-12-11-8/h1-5H,(H,13,14)(H,10,11,12). The van der Waals surface area contributed by atoms with Gasteiger partial charge in [-0.3, -0.25) is 0 Å². The van der Waals surface area contributed by atoms with Crippen molar-refractivity contribution in [2.45, 2.75) is 0 Å². The first-order chi connectivity index (χ1) is 6.79. The van der Waals surface area contributed by atoms with E-state index in [0.717, 1.165) is 0 Å². The molecule has 0 atom stereocenters. The summed E-state index contributed by atoms with van der Waals surface area (Å²) in [5, 5.41) is 18.8. The summed E-state index contributed by atoms with van der Waals surface area (Å²) in [5.41, 5.74) is 1.32. The van der Waals surface area contributed by atoms with Crippen molar-refractivity contribution in [1.29, 1.82) is 0 Å². The Morgan fingerprint density at radius 1 is 1.36 bits per heavy atom. The second kappa shape index (κ2) is 3.29. The van der Waals surface area contributed by atoms with E-state index >= 15 is 0 Å².